The van der Waals surface area contributed by atoms with Crippen molar-refractivity contribution in [2.45, 2.75) is 13.0 Å². The lowest BCUT2D eigenvalue weighted by atomic mass is 10.1. The number of benzene rings is 2. The summed E-state index contributed by atoms with van der Waals surface area (Å²) in [5.74, 6) is 2.29. The summed E-state index contributed by atoms with van der Waals surface area (Å²) in [5, 5.41) is 7.27. The van der Waals surface area contributed by atoms with Gasteiger partial charge in [-0.2, -0.15) is 0 Å². The Kier molecular flexibility index (Phi) is 6.16. The van der Waals surface area contributed by atoms with Gasteiger partial charge in [0.1, 0.15) is 23.6 Å². The molecule has 2 aromatic carbocycles. The molecule has 9 nitrogen and oxygen atoms in total. The third kappa shape index (κ3) is 4.77. The molecule has 2 heterocycles. The summed E-state index contributed by atoms with van der Waals surface area (Å²) in [6.07, 6.45) is 1.60. The summed E-state index contributed by atoms with van der Waals surface area (Å²) in [6, 6.07) is 16.1. The molecule has 0 spiro atoms. The molecule has 0 unspecified atom stereocenters. The standard InChI is InChI=1S/C23H23N5O4/c1-15(25-22(29)13-32-19-10-8-18(31-3)9-11-19)23-26-21-12-20(24-14-28(21)27-23)16-4-6-17(30-2)7-5-16/h4-12,14-15H,13H2,1-3H3,(H,25,29)/t15-/m1/s1. The molecule has 0 aliphatic carbocycles. The summed E-state index contributed by atoms with van der Waals surface area (Å²) in [6.45, 7) is 1.70. The van der Waals surface area contributed by atoms with E-state index >= 15 is 0 Å². The molecule has 0 radical (unpaired) electrons. The Balaban J connectivity index is 1.40. The third-order valence-corrected chi connectivity index (χ3v) is 4.83. The molecule has 164 valence electrons. The van der Waals surface area contributed by atoms with Gasteiger partial charge >= 0.3 is 0 Å². The van der Waals surface area contributed by atoms with Gasteiger partial charge in [-0.25, -0.2) is 14.5 Å². The van der Waals surface area contributed by atoms with Gasteiger partial charge in [0.05, 0.1) is 26.0 Å². The number of nitrogens with one attached hydrogen (secondary N) is 1. The number of ether oxygens (including phenoxy) is 3. The van der Waals surface area contributed by atoms with Crippen LogP contribution in [0.1, 0.15) is 18.8 Å². The molecular weight excluding hydrogens is 410 g/mol. The first-order chi connectivity index (χ1) is 15.6. The van der Waals surface area contributed by atoms with E-state index < -0.39 is 6.04 Å². The van der Waals surface area contributed by atoms with Crippen molar-refractivity contribution < 1.29 is 19.0 Å². The summed E-state index contributed by atoms with van der Waals surface area (Å²) in [7, 11) is 3.22. The molecule has 0 aliphatic heterocycles. The van der Waals surface area contributed by atoms with Crippen molar-refractivity contribution in [3.05, 3.63) is 66.7 Å². The summed E-state index contributed by atoms with van der Waals surface area (Å²) < 4.78 is 17.4. The lowest BCUT2D eigenvalue weighted by molar-refractivity contribution is -0.123. The average molecular weight is 433 g/mol. The molecule has 0 saturated heterocycles. The molecule has 1 atom stereocenters. The first-order valence-corrected chi connectivity index (χ1v) is 9.98. The molecule has 0 fully saturated rings. The zero-order valence-electron chi connectivity index (χ0n) is 18.0. The SMILES string of the molecule is COc1ccc(OCC(=O)N[C@H](C)c2nc3cc(-c4ccc(OC)cc4)ncn3n2)cc1. The highest BCUT2D eigenvalue weighted by atomic mass is 16.5. The van der Waals surface area contributed by atoms with Gasteiger partial charge in [-0.1, -0.05) is 0 Å². The molecule has 4 rings (SSSR count). The maximum atomic E-state index is 12.3. The van der Waals surface area contributed by atoms with Crippen LogP contribution in [0.25, 0.3) is 16.9 Å². The minimum atomic E-state index is -0.397. The minimum absolute atomic E-state index is 0.118. The van der Waals surface area contributed by atoms with Crippen LogP contribution in [0.5, 0.6) is 17.2 Å². The van der Waals surface area contributed by atoms with Crippen LogP contribution >= 0.6 is 0 Å². The molecule has 32 heavy (non-hydrogen) atoms. The zero-order valence-corrected chi connectivity index (χ0v) is 18.0. The van der Waals surface area contributed by atoms with Crippen molar-refractivity contribution in [2.75, 3.05) is 20.8 Å². The lowest BCUT2D eigenvalue weighted by Gasteiger charge is -2.11. The number of aromatic nitrogens is 4. The maximum absolute atomic E-state index is 12.3. The van der Waals surface area contributed by atoms with E-state index in [9.17, 15) is 4.79 Å². The number of amides is 1. The number of methoxy groups -OCH3 is 2. The maximum Gasteiger partial charge on any atom is 0.258 e. The monoisotopic (exact) mass is 433 g/mol. The molecule has 1 N–H and O–H groups in total. The highest BCUT2D eigenvalue weighted by molar-refractivity contribution is 5.77. The first kappa shape index (κ1) is 21.1. The second kappa shape index (κ2) is 9.34. The van der Waals surface area contributed by atoms with Crippen LogP contribution in [0, 0.1) is 0 Å². The van der Waals surface area contributed by atoms with E-state index in [1.807, 2.05) is 37.3 Å². The van der Waals surface area contributed by atoms with E-state index in [4.69, 9.17) is 14.2 Å². The van der Waals surface area contributed by atoms with Gasteiger partial charge < -0.3 is 19.5 Å². The van der Waals surface area contributed by atoms with Crippen LogP contribution in [-0.4, -0.2) is 46.3 Å². The molecule has 9 heteroatoms. The van der Waals surface area contributed by atoms with E-state index in [1.165, 1.54) is 0 Å². The second-order valence-electron chi connectivity index (χ2n) is 7.03. The summed E-state index contributed by atoms with van der Waals surface area (Å²) in [5.41, 5.74) is 2.34. The zero-order chi connectivity index (χ0) is 22.5. The molecule has 0 aliphatic rings. The van der Waals surface area contributed by atoms with Crippen molar-refractivity contribution >= 4 is 11.6 Å². The smallest absolute Gasteiger partial charge is 0.258 e. The number of carbonyl (C=O) groups excluding carboxylic acids is 1. The quantitative estimate of drug-likeness (QED) is 0.456. The predicted molar refractivity (Wildman–Crippen MR) is 118 cm³/mol. The van der Waals surface area contributed by atoms with Crippen molar-refractivity contribution in [1.29, 1.82) is 0 Å². The van der Waals surface area contributed by atoms with Crippen molar-refractivity contribution in [2.24, 2.45) is 0 Å². The van der Waals surface area contributed by atoms with Crippen LogP contribution in [-0.2, 0) is 4.79 Å². The summed E-state index contributed by atoms with van der Waals surface area (Å²) >= 11 is 0. The first-order valence-electron chi connectivity index (χ1n) is 9.98. The number of rotatable bonds is 8. The van der Waals surface area contributed by atoms with Crippen molar-refractivity contribution in [1.82, 2.24) is 24.9 Å². The fourth-order valence-corrected chi connectivity index (χ4v) is 3.08. The average Bonchev–Trinajstić information content (AvgIpc) is 3.27. The Hall–Kier alpha value is -4.14. The summed E-state index contributed by atoms with van der Waals surface area (Å²) in [4.78, 5) is 21.3. The van der Waals surface area contributed by atoms with Gasteiger partial charge in [0.2, 0.25) is 0 Å². The Labute approximate surface area is 185 Å². The number of fused-ring (bicyclic) bond motifs is 1. The van der Waals surface area contributed by atoms with E-state index in [0.717, 1.165) is 22.8 Å². The molecule has 0 saturated carbocycles. The molecular formula is C23H23N5O4. The van der Waals surface area contributed by atoms with Crippen LogP contribution in [0.3, 0.4) is 0 Å². The third-order valence-electron chi connectivity index (χ3n) is 4.83. The van der Waals surface area contributed by atoms with E-state index in [2.05, 4.69) is 20.4 Å². The van der Waals surface area contributed by atoms with Crippen molar-refractivity contribution in [3.63, 3.8) is 0 Å². The Bertz CT molecular complexity index is 1210. The van der Waals surface area contributed by atoms with Gasteiger partial charge in [-0.05, 0) is 55.5 Å². The van der Waals surface area contributed by atoms with Gasteiger partial charge in [0.15, 0.2) is 18.1 Å². The molecule has 4 aromatic rings. The largest absolute Gasteiger partial charge is 0.497 e. The number of carbonyl (C=O) groups is 1. The van der Waals surface area contributed by atoms with E-state index in [1.54, 1.807) is 49.3 Å². The Morgan fingerprint density at radius 3 is 2.28 bits per heavy atom. The minimum Gasteiger partial charge on any atom is -0.497 e. The number of hydrogen-bond donors (Lipinski definition) is 1. The van der Waals surface area contributed by atoms with E-state index in [0.29, 0.717) is 17.2 Å². The van der Waals surface area contributed by atoms with Crippen LogP contribution in [0.4, 0.5) is 0 Å². The second-order valence-corrected chi connectivity index (χ2v) is 7.03. The lowest BCUT2D eigenvalue weighted by Crippen LogP contribution is -2.31. The number of nitrogens with zero attached hydrogens (tertiary/aromatic N) is 4. The highest BCUT2D eigenvalue weighted by Gasteiger charge is 2.16. The highest BCUT2D eigenvalue weighted by Crippen LogP contribution is 2.22. The molecule has 0 bridgehead atoms. The van der Waals surface area contributed by atoms with Crippen LogP contribution in [0.2, 0.25) is 0 Å². The fraction of sp³-hybridized carbons (Fsp3) is 0.217. The van der Waals surface area contributed by atoms with Gasteiger partial charge in [0.25, 0.3) is 5.91 Å². The van der Waals surface area contributed by atoms with Crippen LogP contribution in [0.15, 0.2) is 60.9 Å². The predicted octanol–water partition coefficient (Wildman–Crippen LogP) is 3.06. The Morgan fingerprint density at radius 1 is 1.00 bits per heavy atom. The normalized spacial score (nSPS) is 11.7. The van der Waals surface area contributed by atoms with E-state index in [-0.39, 0.29) is 12.5 Å². The topological polar surface area (TPSA) is 99.9 Å². The van der Waals surface area contributed by atoms with Gasteiger partial charge in [0, 0.05) is 11.6 Å². The molecule has 2 aromatic heterocycles. The fourth-order valence-electron chi connectivity index (χ4n) is 3.08. The van der Waals surface area contributed by atoms with Crippen molar-refractivity contribution in [3.8, 4) is 28.5 Å². The van der Waals surface area contributed by atoms with Gasteiger partial charge in [-0.15, -0.1) is 5.10 Å². The Morgan fingerprint density at radius 2 is 1.62 bits per heavy atom. The molecule has 1 amide bonds. The van der Waals surface area contributed by atoms with Crippen LogP contribution < -0.4 is 19.5 Å². The van der Waals surface area contributed by atoms with Gasteiger partial charge in [-0.3, -0.25) is 4.79 Å². The number of hydrogen-bond acceptors (Lipinski definition) is 7.